The Kier molecular flexibility index (Phi) is 2.72. The monoisotopic (exact) mass is 179 g/mol. The average molecular weight is 179 g/mol. The molecule has 1 N–H and O–H groups in total. The van der Waals surface area contributed by atoms with Gasteiger partial charge in [0, 0.05) is 25.3 Å². The van der Waals surface area contributed by atoms with E-state index in [1.54, 1.807) is 12.5 Å². The lowest BCUT2D eigenvalue weighted by Gasteiger charge is -2.08. The van der Waals surface area contributed by atoms with Gasteiger partial charge in [-0.15, -0.1) is 0 Å². The Labute approximate surface area is 77.4 Å². The summed E-state index contributed by atoms with van der Waals surface area (Å²) in [6, 6.07) is 1.87. The first-order chi connectivity index (χ1) is 6.45. The van der Waals surface area contributed by atoms with E-state index in [1.165, 1.54) is 0 Å². The van der Waals surface area contributed by atoms with E-state index >= 15 is 0 Å². The molecule has 0 aliphatic carbocycles. The molecule has 0 saturated carbocycles. The van der Waals surface area contributed by atoms with Crippen molar-refractivity contribution in [3.63, 3.8) is 0 Å². The summed E-state index contributed by atoms with van der Waals surface area (Å²) in [7, 11) is 0. The summed E-state index contributed by atoms with van der Waals surface area (Å²) in [5.74, 6) is 1.52. The molecule has 4 nitrogen and oxygen atoms in total. The molecule has 0 spiro atoms. The van der Waals surface area contributed by atoms with Gasteiger partial charge in [0.2, 0.25) is 0 Å². The maximum atomic E-state index is 5.27. The normalized spacial score (nSPS) is 21.7. The van der Waals surface area contributed by atoms with Crippen LogP contribution in [0.2, 0.25) is 0 Å². The molecular weight excluding hydrogens is 166 g/mol. The molecule has 1 aromatic rings. The number of hydrogen-bond acceptors (Lipinski definition) is 4. The van der Waals surface area contributed by atoms with Crippen LogP contribution in [0.1, 0.15) is 6.42 Å². The lowest BCUT2D eigenvalue weighted by Crippen LogP contribution is -2.14. The third kappa shape index (κ3) is 2.39. The molecule has 2 heterocycles. The van der Waals surface area contributed by atoms with Crippen LogP contribution >= 0.6 is 0 Å². The molecule has 4 heteroatoms. The molecule has 1 aliphatic rings. The SMILES string of the molecule is c1cc(NCC2CCOC2)ncn1. The number of ether oxygens (including phenoxy) is 1. The Morgan fingerprint density at radius 3 is 3.31 bits per heavy atom. The molecule has 70 valence electrons. The van der Waals surface area contributed by atoms with Crippen LogP contribution in [0.5, 0.6) is 0 Å². The highest BCUT2D eigenvalue weighted by Gasteiger charge is 2.14. The first-order valence-electron chi connectivity index (χ1n) is 4.53. The van der Waals surface area contributed by atoms with Crippen molar-refractivity contribution in [2.75, 3.05) is 25.1 Å². The summed E-state index contributed by atoms with van der Waals surface area (Å²) in [6.07, 6.45) is 4.44. The minimum atomic E-state index is 0.634. The van der Waals surface area contributed by atoms with E-state index in [0.29, 0.717) is 5.92 Å². The van der Waals surface area contributed by atoms with Gasteiger partial charge in [0.25, 0.3) is 0 Å². The van der Waals surface area contributed by atoms with Crippen LogP contribution < -0.4 is 5.32 Å². The standard InChI is InChI=1S/C9H13N3O/c1-3-10-7-12-9(1)11-5-8-2-4-13-6-8/h1,3,7-8H,2,4-6H2,(H,10,11,12). The Morgan fingerprint density at radius 1 is 1.62 bits per heavy atom. The highest BCUT2D eigenvalue weighted by atomic mass is 16.5. The van der Waals surface area contributed by atoms with E-state index < -0.39 is 0 Å². The van der Waals surface area contributed by atoms with Gasteiger partial charge in [-0.3, -0.25) is 0 Å². The zero-order chi connectivity index (χ0) is 8.93. The molecule has 0 amide bonds. The number of nitrogens with zero attached hydrogens (tertiary/aromatic N) is 2. The van der Waals surface area contributed by atoms with Gasteiger partial charge in [0.05, 0.1) is 6.61 Å². The first kappa shape index (κ1) is 8.44. The average Bonchev–Trinajstić information content (AvgIpc) is 2.69. The van der Waals surface area contributed by atoms with Crippen LogP contribution in [0.25, 0.3) is 0 Å². The van der Waals surface area contributed by atoms with Crippen molar-refractivity contribution < 1.29 is 4.74 Å². The summed E-state index contributed by atoms with van der Waals surface area (Å²) in [6.45, 7) is 2.71. The molecule has 1 aromatic heterocycles. The molecule has 1 aliphatic heterocycles. The van der Waals surface area contributed by atoms with E-state index in [2.05, 4.69) is 15.3 Å². The van der Waals surface area contributed by atoms with Crippen LogP contribution in [0.3, 0.4) is 0 Å². The fraction of sp³-hybridized carbons (Fsp3) is 0.556. The predicted octanol–water partition coefficient (Wildman–Crippen LogP) is 0.925. The highest BCUT2D eigenvalue weighted by Crippen LogP contribution is 2.12. The zero-order valence-corrected chi connectivity index (χ0v) is 7.44. The van der Waals surface area contributed by atoms with E-state index in [-0.39, 0.29) is 0 Å². The second-order valence-electron chi connectivity index (χ2n) is 3.21. The molecule has 1 saturated heterocycles. The topological polar surface area (TPSA) is 47.0 Å². The summed E-state index contributed by atoms with van der Waals surface area (Å²) in [5, 5.41) is 3.26. The van der Waals surface area contributed by atoms with Gasteiger partial charge in [-0.05, 0) is 12.5 Å². The largest absolute Gasteiger partial charge is 0.381 e. The summed E-state index contributed by atoms with van der Waals surface area (Å²) >= 11 is 0. The van der Waals surface area contributed by atoms with Gasteiger partial charge >= 0.3 is 0 Å². The number of anilines is 1. The Bertz CT molecular complexity index is 246. The molecule has 1 unspecified atom stereocenters. The van der Waals surface area contributed by atoms with Crippen molar-refractivity contribution in [3.05, 3.63) is 18.6 Å². The fourth-order valence-corrected chi connectivity index (χ4v) is 1.39. The van der Waals surface area contributed by atoms with E-state index in [1.807, 2.05) is 6.07 Å². The molecule has 0 bridgehead atoms. The summed E-state index contributed by atoms with van der Waals surface area (Å²) < 4.78 is 5.27. The van der Waals surface area contributed by atoms with Gasteiger partial charge in [-0.25, -0.2) is 9.97 Å². The predicted molar refractivity (Wildman–Crippen MR) is 49.4 cm³/mol. The lowest BCUT2D eigenvalue weighted by molar-refractivity contribution is 0.187. The molecular formula is C9H13N3O. The highest BCUT2D eigenvalue weighted by molar-refractivity contribution is 5.31. The number of rotatable bonds is 3. The minimum absolute atomic E-state index is 0.634. The van der Waals surface area contributed by atoms with Gasteiger partial charge in [-0.1, -0.05) is 0 Å². The quantitative estimate of drug-likeness (QED) is 0.749. The number of hydrogen-bond donors (Lipinski definition) is 1. The zero-order valence-electron chi connectivity index (χ0n) is 7.44. The first-order valence-corrected chi connectivity index (χ1v) is 4.53. The molecule has 0 radical (unpaired) electrons. The Hall–Kier alpha value is -1.16. The second kappa shape index (κ2) is 4.18. The molecule has 0 aromatic carbocycles. The Morgan fingerprint density at radius 2 is 2.62 bits per heavy atom. The number of nitrogens with one attached hydrogen (secondary N) is 1. The maximum absolute atomic E-state index is 5.27. The lowest BCUT2D eigenvalue weighted by atomic mass is 10.1. The molecule has 2 rings (SSSR count). The maximum Gasteiger partial charge on any atom is 0.129 e. The van der Waals surface area contributed by atoms with Crippen LogP contribution in [-0.4, -0.2) is 29.7 Å². The van der Waals surface area contributed by atoms with Crippen LogP contribution in [0, 0.1) is 5.92 Å². The van der Waals surface area contributed by atoms with E-state index in [0.717, 1.165) is 32.0 Å². The molecule has 13 heavy (non-hydrogen) atoms. The van der Waals surface area contributed by atoms with Crippen molar-refractivity contribution in [2.45, 2.75) is 6.42 Å². The smallest absolute Gasteiger partial charge is 0.129 e. The van der Waals surface area contributed by atoms with Crippen molar-refractivity contribution in [1.82, 2.24) is 9.97 Å². The third-order valence-corrected chi connectivity index (χ3v) is 2.18. The van der Waals surface area contributed by atoms with Crippen molar-refractivity contribution in [1.29, 1.82) is 0 Å². The molecule has 1 atom stereocenters. The van der Waals surface area contributed by atoms with E-state index in [9.17, 15) is 0 Å². The Balaban J connectivity index is 1.79. The van der Waals surface area contributed by atoms with Crippen molar-refractivity contribution >= 4 is 5.82 Å². The number of aromatic nitrogens is 2. The fourth-order valence-electron chi connectivity index (χ4n) is 1.39. The third-order valence-electron chi connectivity index (χ3n) is 2.18. The van der Waals surface area contributed by atoms with Crippen molar-refractivity contribution in [3.8, 4) is 0 Å². The van der Waals surface area contributed by atoms with Crippen LogP contribution in [0.4, 0.5) is 5.82 Å². The minimum Gasteiger partial charge on any atom is -0.381 e. The van der Waals surface area contributed by atoms with Gasteiger partial charge in [0.1, 0.15) is 12.1 Å². The second-order valence-corrected chi connectivity index (χ2v) is 3.21. The van der Waals surface area contributed by atoms with Crippen molar-refractivity contribution in [2.24, 2.45) is 5.92 Å². The van der Waals surface area contributed by atoms with Gasteiger partial charge in [0.15, 0.2) is 0 Å². The molecule has 1 fully saturated rings. The summed E-state index contributed by atoms with van der Waals surface area (Å²) in [4.78, 5) is 7.93. The van der Waals surface area contributed by atoms with Crippen LogP contribution in [0.15, 0.2) is 18.6 Å². The van der Waals surface area contributed by atoms with Crippen LogP contribution in [-0.2, 0) is 4.74 Å². The van der Waals surface area contributed by atoms with Gasteiger partial charge < -0.3 is 10.1 Å². The van der Waals surface area contributed by atoms with Gasteiger partial charge in [-0.2, -0.15) is 0 Å². The van der Waals surface area contributed by atoms with E-state index in [4.69, 9.17) is 4.74 Å². The summed E-state index contributed by atoms with van der Waals surface area (Å²) in [5.41, 5.74) is 0.